The maximum absolute atomic E-state index is 12.8. The minimum Gasteiger partial charge on any atom is -0.469 e. The molecule has 19 heavy (non-hydrogen) atoms. The van der Waals surface area contributed by atoms with E-state index in [1.54, 1.807) is 0 Å². The summed E-state index contributed by atoms with van der Waals surface area (Å²) in [6.07, 6.45) is -8.54. The fraction of sp³-hybridized carbons (Fsp3) is 0.400. The van der Waals surface area contributed by atoms with Gasteiger partial charge in [0.05, 0.1) is 24.8 Å². The van der Waals surface area contributed by atoms with Crippen molar-refractivity contribution in [3.63, 3.8) is 0 Å². The van der Waals surface area contributed by atoms with Gasteiger partial charge in [-0.2, -0.15) is 13.2 Å². The van der Waals surface area contributed by atoms with Gasteiger partial charge in [-0.1, -0.05) is 0 Å². The van der Waals surface area contributed by atoms with Crippen molar-refractivity contribution < 1.29 is 31.5 Å². The number of pyridine rings is 1. The summed E-state index contributed by atoms with van der Waals surface area (Å²) in [6, 6.07) is 0.517. The van der Waals surface area contributed by atoms with E-state index in [9.17, 15) is 26.7 Å². The lowest BCUT2D eigenvalue weighted by atomic mass is 10.1. The molecule has 0 saturated heterocycles. The fourth-order valence-corrected chi connectivity index (χ4v) is 2.13. The van der Waals surface area contributed by atoms with Gasteiger partial charge in [0.15, 0.2) is 0 Å². The lowest BCUT2D eigenvalue weighted by Crippen LogP contribution is -2.16. The van der Waals surface area contributed by atoms with Gasteiger partial charge in [0.25, 0.3) is 6.43 Å². The Labute approximate surface area is 118 Å². The van der Waals surface area contributed by atoms with Crippen LogP contribution in [0.25, 0.3) is 0 Å². The molecule has 0 atom stereocenters. The molecule has 1 aromatic heterocycles. The molecule has 0 amide bonds. The standard InChI is InChI=1S/C10H7F5INO2/c1-19-7(18)3-5-8(9(11)12)4(16)2-6(17-5)10(13,14)15/h2,9H,3H2,1H3. The number of esters is 1. The highest BCUT2D eigenvalue weighted by Gasteiger charge is 2.35. The van der Waals surface area contributed by atoms with E-state index in [0.29, 0.717) is 6.07 Å². The van der Waals surface area contributed by atoms with Crippen molar-refractivity contribution in [1.82, 2.24) is 4.98 Å². The molecule has 0 aromatic carbocycles. The van der Waals surface area contributed by atoms with E-state index in [2.05, 4.69) is 9.72 Å². The van der Waals surface area contributed by atoms with E-state index < -0.39 is 41.9 Å². The summed E-state index contributed by atoms with van der Waals surface area (Å²) in [5, 5.41) is 0. The van der Waals surface area contributed by atoms with Gasteiger partial charge in [0.2, 0.25) is 0 Å². The highest BCUT2D eigenvalue weighted by Crippen LogP contribution is 2.34. The van der Waals surface area contributed by atoms with Crippen molar-refractivity contribution in [3.05, 3.63) is 26.6 Å². The van der Waals surface area contributed by atoms with Crippen LogP contribution in [0.4, 0.5) is 22.0 Å². The Hall–Kier alpha value is -1.00. The first-order valence-corrected chi connectivity index (χ1v) is 5.86. The van der Waals surface area contributed by atoms with E-state index in [1.807, 2.05) is 0 Å². The third-order valence-corrected chi connectivity index (χ3v) is 3.03. The first-order chi connectivity index (χ1) is 8.66. The van der Waals surface area contributed by atoms with Gasteiger partial charge in [0, 0.05) is 3.57 Å². The molecule has 0 N–H and O–H groups in total. The smallest absolute Gasteiger partial charge is 0.433 e. The maximum Gasteiger partial charge on any atom is 0.433 e. The number of hydrogen-bond acceptors (Lipinski definition) is 3. The second-order valence-corrected chi connectivity index (χ2v) is 4.56. The number of carbonyl (C=O) groups is 1. The minimum atomic E-state index is -4.77. The third-order valence-electron chi connectivity index (χ3n) is 2.14. The van der Waals surface area contributed by atoms with Crippen LogP contribution in [0.2, 0.25) is 0 Å². The quantitative estimate of drug-likeness (QED) is 0.448. The van der Waals surface area contributed by atoms with Crippen LogP contribution in [0.5, 0.6) is 0 Å². The second kappa shape index (κ2) is 5.97. The number of hydrogen-bond donors (Lipinski definition) is 0. The summed E-state index contributed by atoms with van der Waals surface area (Å²) >= 11 is 1.35. The van der Waals surface area contributed by atoms with Crippen LogP contribution in [0.15, 0.2) is 6.07 Å². The van der Waals surface area contributed by atoms with Crippen molar-refractivity contribution in [2.45, 2.75) is 19.0 Å². The van der Waals surface area contributed by atoms with E-state index >= 15 is 0 Å². The van der Waals surface area contributed by atoms with E-state index in [0.717, 1.165) is 7.11 Å². The minimum absolute atomic E-state index is 0.297. The van der Waals surface area contributed by atoms with Crippen molar-refractivity contribution in [1.29, 1.82) is 0 Å². The largest absolute Gasteiger partial charge is 0.469 e. The second-order valence-electron chi connectivity index (χ2n) is 3.40. The first kappa shape index (κ1) is 16.1. The Balaban J connectivity index is 3.37. The van der Waals surface area contributed by atoms with Gasteiger partial charge in [0.1, 0.15) is 5.69 Å². The summed E-state index contributed by atoms with van der Waals surface area (Å²) in [6.45, 7) is 0. The predicted molar refractivity (Wildman–Crippen MR) is 62.6 cm³/mol. The van der Waals surface area contributed by atoms with Gasteiger partial charge in [-0.15, -0.1) is 0 Å². The zero-order valence-electron chi connectivity index (χ0n) is 9.39. The molecule has 0 aliphatic rings. The average Bonchev–Trinajstić information content (AvgIpc) is 2.26. The molecule has 1 aromatic rings. The Kier molecular flexibility index (Phi) is 5.04. The molecule has 0 fully saturated rings. The Morgan fingerprint density at radius 2 is 2.05 bits per heavy atom. The molecular formula is C10H7F5INO2. The van der Waals surface area contributed by atoms with Crippen molar-refractivity contribution in [3.8, 4) is 0 Å². The lowest BCUT2D eigenvalue weighted by Gasteiger charge is -2.13. The van der Waals surface area contributed by atoms with Crippen LogP contribution in [0.1, 0.15) is 23.4 Å². The number of carbonyl (C=O) groups excluding carboxylic acids is 1. The molecule has 0 saturated carbocycles. The molecule has 9 heteroatoms. The van der Waals surface area contributed by atoms with Crippen LogP contribution >= 0.6 is 22.6 Å². The zero-order valence-corrected chi connectivity index (χ0v) is 11.6. The number of ether oxygens (including phenoxy) is 1. The van der Waals surface area contributed by atoms with E-state index in [4.69, 9.17) is 0 Å². The normalized spacial score (nSPS) is 11.8. The molecule has 106 valence electrons. The third kappa shape index (κ3) is 3.98. The average molecular weight is 395 g/mol. The summed E-state index contributed by atoms with van der Waals surface area (Å²) in [7, 11) is 1.00. The summed E-state index contributed by atoms with van der Waals surface area (Å²) in [4.78, 5) is 14.1. The molecule has 1 heterocycles. The van der Waals surface area contributed by atoms with Crippen molar-refractivity contribution in [2.75, 3.05) is 7.11 Å². The molecule has 1 rings (SSSR count). The Bertz CT molecular complexity index is 490. The number of rotatable bonds is 3. The molecule has 0 aliphatic heterocycles. The van der Waals surface area contributed by atoms with Gasteiger partial charge >= 0.3 is 12.1 Å². The summed E-state index contributed by atoms with van der Waals surface area (Å²) in [5.41, 5.74) is -2.62. The van der Waals surface area contributed by atoms with Crippen LogP contribution in [-0.4, -0.2) is 18.1 Å². The number of aromatic nitrogens is 1. The maximum atomic E-state index is 12.8. The highest BCUT2D eigenvalue weighted by atomic mass is 127. The van der Waals surface area contributed by atoms with Crippen LogP contribution in [0.3, 0.4) is 0 Å². The summed E-state index contributed by atoms with van der Waals surface area (Å²) < 4.78 is 67.1. The molecule has 0 spiro atoms. The van der Waals surface area contributed by atoms with Gasteiger partial charge in [-0.05, 0) is 28.7 Å². The molecular weight excluding hydrogens is 388 g/mol. The topological polar surface area (TPSA) is 39.2 Å². The zero-order chi connectivity index (χ0) is 14.8. The van der Waals surface area contributed by atoms with Gasteiger partial charge < -0.3 is 4.74 Å². The van der Waals surface area contributed by atoms with Crippen LogP contribution < -0.4 is 0 Å². The van der Waals surface area contributed by atoms with Crippen molar-refractivity contribution >= 4 is 28.6 Å². The van der Waals surface area contributed by atoms with Crippen molar-refractivity contribution in [2.24, 2.45) is 0 Å². The lowest BCUT2D eigenvalue weighted by molar-refractivity contribution is -0.143. The molecule has 0 aliphatic carbocycles. The molecule has 0 unspecified atom stereocenters. The van der Waals surface area contributed by atoms with Gasteiger partial charge in [-0.25, -0.2) is 13.8 Å². The first-order valence-electron chi connectivity index (χ1n) is 4.78. The monoisotopic (exact) mass is 395 g/mol. The Morgan fingerprint density at radius 3 is 2.47 bits per heavy atom. The Morgan fingerprint density at radius 1 is 1.47 bits per heavy atom. The van der Waals surface area contributed by atoms with Crippen LogP contribution in [-0.2, 0) is 22.1 Å². The molecule has 3 nitrogen and oxygen atoms in total. The predicted octanol–water partition coefficient (Wildman–Crippen LogP) is 3.36. The number of methoxy groups -OCH3 is 1. The number of alkyl halides is 5. The summed E-state index contributed by atoms with van der Waals surface area (Å²) in [5.74, 6) is -0.940. The van der Waals surface area contributed by atoms with E-state index in [-0.39, 0.29) is 3.57 Å². The molecule has 0 radical (unpaired) electrons. The number of halogens is 6. The SMILES string of the molecule is COC(=O)Cc1nc(C(F)(F)F)cc(I)c1C(F)F. The van der Waals surface area contributed by atoms with Gasteiger partial charge in [-0.3, -0.25) is 4.79 Å². The van der Waals surface area contributed by atoms with Crippen LogP contribution in [0, 0.1) is 3.57 Å². The molecule has 0 bridgehead atoms. The highest BCUT2D eigenvalue weighted by molar-refractivity contribution is 14.1. The fourth-order valence-electron chi connectivity index (χ4n) is 1.29. The van der Waals surface area contributed by atoms with E-state index in [1.165, 1.54) is 22.6 Å². The number of nitrogens with zero attached hydrogens (tertiary/aromatic N) is 1.